The number of thiophene rings is 1. The number of hydrogen-bond donors (Lipinski definition) is 3. The lowest BCUT2D eigenvalue weighted by molar-refractivity contribution is 0.0948. The number of benzene rings is 1. The first kappa shape index (κ1) is 17.5. The van der Waals surface area contributed by atoms with Crippen molar-refractivity contribution >= 4 is 44.4 Å². The average molecular weight is 380 g/mol. The van der Waals surface area contributed by atoms with Crippen LogP contribution in [0.3, 0.4) is 0 Å². The van der Waals surface area contributed by atoms with Crippen LogP contribution in [0.15, 0.2) is 41.8 Å². The molecule has 0 fully saturated rings. The Labute approximate surface area is 160 Å². The molecule has 1 aliphatic carbocycles. The minimum atomic E-state index is -0.0930. The molecule has 0 saturated carbocycles. The largest absolute Gasteiger partial charge is 0.411 e. The van der Waals surface area contributed by atoms with E-state index in [1.165, 1.54) is 11.3 Å². The maximum Gasteiger partial charge on any atom is 0.263 e. The topological polar surface area (TPSA) is 86.6 Å². The fourth-order valence-electron chi connectivity index (χ4n) is 3.36. The van der Waals surface area contributed by atoms with E-state index < -0.39 is 0 Å². The highest BCUT2D eigenvalue weighted by atomic mass is 32.1. The third-order valence-electron chi connectivity index (χ3n) is 4.56. The summed E-state index contributed by atoms with van der Waals surface area (Å²) in [6, 6.07) is 7.95. The van der Waals surface area contributed by atoms with Crippen LogP contribution in [-0.4, -0.2) is 27.9 Å². The number of amides is 1. The summed E-state index contributed by atoms with van der Waals surface area (Å²) in [6.07, 6.45) is 5.10. The number of aryl methyl sites for hydroxylation is 1. The van der Waals surface area contributed by atoms with Crippen LogP contribution < -0.4 is 10.6 Å². The molecule has 1 amide bonds. The quantitative estimate of drug-likeness (QED) is 0.465. The lowest BCUT2D eigenvalue weighted by Crippen LogP contribution is -2.29. The van der Waals surface area contributed by atoms with Crippen molar-refractivity contribution in [3.63, 3.8) is 0 Å². The van der Waals surface area contributed by atoms with Crippen LogP contribution in [0.5, 0.6) is 0 Å². The number of nitrogens with zero attached hydrogens (tertiary/aromatic N) is 2. The van der Waals surface area contributed by atoms with E-state index in [1.807, 2.05) is 32.0 Å². The minimum Gasteiger partial charge on any atom is -0.411 e. The van der Waals surface area contributed by atoms with Crippen LogP contribution in [0.25, 0.3) is 10.1 Å². The van der Waals surface area contributed by atoms with Crippen molar-refractivity contribution in [2.45, 2.75) is 32.7 Å². The number of rotatable bonds is 4. The SMILES string of the molecule is CC(C)NC(=O)c1sc2cnccc2c1Nc1ccc2c(c1)CC/C2=N\O. The highest BCUT2D eigenvalue weighted by Gasteiger charge is 2.21. The monoisotopic (exact) mass is 380 g/mol. The second kappa shape index (κ2) is 7.00. The van der Waals surface area contributed by atoms with Crippen molar-refractivity contribution in [1.82, 2.24) is 10.3 Å². The predicted octanol–water partition coefficient (Wildman–Crippen LogP) is 4.30. The van der Waals surface area contributed by atoms with E-state index in [0.29, 0.717) is 4.88 Å². The molecule has 1 aromatic carbocycles. The fraction of sp³-hybridized carbons (Fsp3) is 0.250. The van der Waals surface area contributed by atoms with Crippen LogP contribution in [0.2, 0.25) is 0 Å². The molecule has 2 heterocycles. The molecule has 0 aliphatic heterocycles. The molecule has 6 nitrogen and oxygen atoms in total. The molecular formula is C20H20N4O2S. The number of pyridine rings is 1. The van der Waals surface area contributed by atoms with Gasteiger partial charge in [0.2, 0.25) is 0 Å². The smallest absolute Gasteiger partial charge is 0.263 e. The van der Waals surface area contributed by atoms with Gasteiger partial charge >= 0.3 is 0 Å². The first-order valence-corrected chi connectivity index (χ1v) is 9.67. The standard InChI is InChI=1S/C20H20N4O2S/c1-11(2)22-20(25)19-18(15-7-8-21-10-17(15)27-19)23-13-4-5-14-12(9-13)3-6-16(14)24-26/h4-5,7-11,23,26H,3,6H2,1-2H3,(H,22,25)/b24-16+. The van der Waals surface area contributed by atoms with Gasteiger partial charge in [-0.1, -0.05) is 11.2 Å². The number of oxime groups is 1. The van der Waals surface area contributed by atoms with Gasteiger partial charge < -0.3 is 15.8 Å². The first-order valence-electron chi connectivity index (χ1n) is 8.85. The van der Waals surface area contributed by atoms with E-state index in [9.17, 15) is 4.79 Å². The number of carbonyl (C=O) groups excluding carboxylic acids is 1. The Bertz CT molecular complexity index is 1060. The molecule has 4 rings (SSSR count). The molecule has 0 saturated heterocycles. The van der Waals surface area contributed by atoms with Gasteiger partial charge in [-0.3, -0.25) is 9.78 Å². The summed E-state index contributed by atoms with van der Waals surface area (Å²) >= 11 is 1.43. The predicted molar refractivity (Wildman–Crippen MR) is 109 cm³/mol. The number of carbonyl (C=O) groups is 1. The molecule has 3 N–H and O–H groups in total. The van der Waals surface area contributed by atoms with Crippen molar-refractivity contribution in [3.8, 4) is 0 Å². The summed E-state index contributed by atoms with van der Waals surface area (Å²) in [5.41, 5.74) is 4.55. The molecule has 1 aliphatic rings. The van der Waals surface area contributed by atoms with Crippen LogP contribution >= 0.6 is 11.3 Å². The fourth-order valence-corrected chi connectivity index (χ4v) is 4.39. The molecule has 0 spiro atoms. The Balaban J connectivity index is 1.74. The van der Waals surface area contributed by atoms with E-state index >= 15 is 0 Å². The van der Waals surface area contributed by atoms with E-state index in [1.54, 1.807) is 12.4 Å². The van der Waals surface area contributed by atoms with Crippen LogP contribution in [-0.2, 0) is 6.42 Å². The Hall–Kier alpha value is -2.93. The van der Waals surface area contributed by atoms with E-state index in [0.717, 1.165) is 51.1 Å². The molecule has 7 heteroatoms. The van der Waals surface area contributed by atoms with Gasteiger partial charge in [0.15, 0.2) is 0 Å². The Morgan fingerprint density at radius 3 is 2.93 bits per heavy atom. The third kappa shape index (κ3) is 3.26. The first-order chi connectivity index (χ1) is 13.1. The van der Waals surface area contributed by atoms with Crippen molar-refractivity contribution in [3.05, 3.63) is 52.7 Å². The Kier molecular flexibility index (Phi) is 4.53. The zero-order chi connectivity index (χ0) is 19.0. The van der Waals surface area contributed by atoms with Crippen LogP contribution in [0.1, 0.15) is 41.1 Å². The summed E-state index contributed by atoms with van der Waals surface area (Å²) < 4.78 is 0.963. The normalized spacial score (nSPS) is 14.7. The lowest BCUT2D eigenvalue weighted by atomic mass is 10.1. The van der Waals surface area contributed by atoms with Gasteiger partial charge in [-0.2, -0.15) is 0 Å². The van der Waals surface area contributed by atoms with Gasteiger partial charge in [0.25, 0.3) is 5.91 Å². The second-order valence-electron chi connectivity index (χ2n) is 6.85. The minimum absolute atomic E-state index is 0.0601. The molecular weight excluding hydrogens is 360 g/mol. The van der Waals surface area contributed by atoms with Gasteiger partial charge in [-0.05, 0) is 50.5 Å². The lowest BCUT2D eigenvalue weighted by Gasteiger charge is -2.12. The van der Waals surface area contributed by atoms with E-state index in [-0.39, 0.29) is 11.9 Å². The molecule has 2 aromatic heterocycles. The van der Waals surface area contributed by atoms with Crippen LogP contribution in [0, 0.1) is 0 Å². The highest BCUT2D eigenvalue weighted by molar-refractivity contribution is 7.21. The van der Waals surface area contributed by atoms with Gasteiger partial charge in [-0.15, -0.1) is 11.3 Å². The zero-order valence-corrected chi connectivity index (χ0v) is 15.9. The summed E-state index contributed by atoms with van der Waals surface area (Å²) in [7, 11) is 0. The van der Waals surface area contributed by atoms with Crippen molar-refractivity contribution in [2.24, 2.45) is 5.16 Å². The summed E-state index contributed by atoms with van der Waals surface area (Å²) in [5.74, 6) is -0.0930. The number of aromatic nitrogens is 1. The number of nitrogens with one attached hydrogen (secondary N) is 2. The highest BCUT2D eigenvalue weighted by Crippen LogP contribution is 2.38. The van der Waals surface area contributed by atoms with Crippen molar-refractivity contribution < 1.29 is 10.0 Å². The summed E-state index contributed by atoms with van der Waals surface area (Å²) in [5, 5.41) is 19.9. The molecule has 3 aromatic rings. The third-order valence-corrected chi connectivity index (χ3v) is 5.70. The number of anilines is 2. The number of fused-ring (bicyclic) bond motifs is 2. The number of hydrogen-bond acceptors (Lipinski definition) is 6. The van der Waals surface area contributed by atoms with E-state index in [4.69, 9.17) is 5.21 Å². The van der Waals surface area contributed by atoms with Gasteiger partial charge in [0.05, 0.1) is 16.1 Å². The summed E-state index contributed by atoms with van der Waals surface area (Å²) in [4.78, 5) is 17.5. The molecule has 0 unspecified atom stereocenters. The van der Waals surface area contributed by atoms with Crippen molar-refractivity contribution in [2.75, 3.05) is 5.32 Å². The van der Waals surface area contributed by atoms with Crippen LogP contribution in [0.4, 0.5) is 11.4 Å². The average Bonchev–Trinajstić information content (AvgIpc) is 3.22. The maximum absolute atomic E-state index is 12.7. The Morgan fingerprint density at radius 2 is 2.15 bits per heavy atom. The zero-order valence-electron chi connectivity index (χ0n) is 15.1. The molecule has 0 radical (unpaired) electrons. The van der Waals surface area contributed by atoms with E-state index in [2.05, 4.69) is 26.8 Å². The maximum atomic E-state index is 12.7. The molecule has 138 valence electrons. The second-order valence-corrected chi connectivity index (χ2v) is 7.90. The van der Waals surface area contributed by atoms with Gasteiger partial charge in [-0.25, -0.2) is 0 Å². The Morgan fingerprint density at radius 1 is 1.30 bits per heavy atom. The molecule has 27 heavy (non-hydrogen) atoms. The molecule has 0 bridgehead atoms. The van der Waals surface area contributed by atoms with Crippen molar-refractivity contribution in [1.29, 1.82) is 0 Å². The molecule has 0 atom stereocenters. The van der Waals surface area contributed by atoms with Gasteiger partial charge in [0, 0.05) is 35.1 Å². The van der Waals surface area contributed by atoms with Gasteiger partial charge in [0.1, 0.15) is 4.88 Å². The summed E-state index contributed by atoms with van der Waals surface area (Å²) in [6.45, 7) is 3.89.